The third-order valence-electron chi connectivity index (χ3n) is 5.55. The van der Waals surface area contributed by atoms with E-state index in [0.29, 0.717) is 22.2 Å². The number of para-hydroxylation sites is 1. The van der Waals surface area contributed by atoms with Gasteiger partial charge in [0.15, 0.2) is 0 Å². The Morgan fingerprint density at radius 1 is 0.970 bits per heavy atom. The fraction of sp³-hybridized carbons (Fsp3) is 0.120. The lowest BCUT2D eigenvalue weighted by atomic mass is 10.2. The van der Waals surface area contributed by atoms with E-state index in [1.165, 1.54) is 6.07 Å². The Bertz CT molecular complexity index is 1520. The second kappa shape index (κ2) is 8.66. The Labute approximate surface area is 188 Å². The molecule has 0 aliphatic carbocycles. The van der Waals surface area contributed by atoms with Gasteiger partial charge in [0.2, 0.25) is 5.91 Å². The molecule has 2 aromatic carbocycles. The van der Waals surface area contributed by atoms with Crippen LogP contribution in [0.25, 0.3) is 21.8 Å². The van der Waals surface area contributed by atoms with Crippen molar-refractivity contribution in [2.75, 3.05) is 0 Å². The summed E-state index contributed by atoms with van der Waals surface area (Å²) in [5.41, 5.74) is 1.95. The molecule has 0 bridgehead atoms. The van der Waals surface area contributed by atoms with E-state index in [9.17, 15) is 14.0 Å². The molecule has 1 amide bonds. The molecule has 5 rings (SSSR count). The molecule has 0 fully saturated rings. The summed E-state index contributed by atoms with van der Waals surface area (Å²) in [5, 5.41) is 8.49. The van der Waals surface area contributed by atoms with Gasteiger partial charge in [0, 0.05) is 28.0 Å². The third kappa shape index (κ3) is 3.98. The number of pyridine rings is 1. The molecule has 0 unspecified atom stereocenters. The first-order valence-corrected chi connectivity index (χ1v) is 10.5. The quantitative estimate of drug-likeness (QED) is 0.439. The monoisotopic (exact) mass is 441 g/mol. The van der Waals surface area contributed by atoms with Gasteiger partial charge in [-0.15, -0.1) is 0 Å². The third-order valence-corrected chi connectivity index (χ3v) is 5.55. The van der Waals surface area contributed by atoms with Gasteiger partial charge >= 0.3 is 0 Å². The topological polar surface area (TPSA) is 81.8 Å². The Morgan fingerprint density at radius 3 is 2.58 bits per heavy atom. The van der Waals surface area contributed by atoms with Crippen molar-refractivity contribution in [1.82, 2.24) is 24.6 Å². The van der Waals surface area contributed by atoms with Gasteiger partial charge in [-0.3, -0.25) is 14.6 Å². The van der Waals surface area contributed by atoms with Gasteiger partial charge < -0.3 is 9.88 Å². The molecule has 33 heavy (non-hydrogen) atoms. The maximum atomic E-state index is 14.4. The average Bonchev–Trinajstić information content (AvgIpc) is 3.16. The van der Waals surface area contributed by atoms with Crippen LogP contribution in [0.15, 0.2) is 83.9 Å². The number of halogens is 1. The van der Waals surface area contributed by atoms with Gasteiger partial charge in [0.25, 0.3) is 5.56 Å². The van der Waals surface area contributed by atoms with Crippen LogP contribution in [-0.2, 0) is 24.4 Å². The molecular weight excluding hydrogens is 421 g/mol. The summed E-state index contributed by atoms with van der Waals surface area (Å²) in [7, 11) is 0. The Morgan fingerprint density at radius 2 is 1.76 bits per heavy atom. The minimum absolute atomic E-state index is 0.182. The molecule has 3 aromatic heterocycles. The molecule has 0 aliphatic heterocycles. The maximum absolute atomic E-state index is 14.4. The van der Waals surface area contributed by atoms with Crippen molar-refractivity contribution in [3.8, 4) is 0 Å². The number of amides is 1. The summed E-state index contributed by atoms with van der Waals surface area (Å²) in [4.78, 5) is 30.0. The summed E-state index contributed by atoms with van der Waals surface area (Å²) in [6, 6.07) is 19.5. The molecule has 0 spiro atoms. The van der Waals surface area contributed by atoms with E-state index in [2.05, 4.69) is 15.4 Å². The zero-order chi connectivity index (χ0) is 22.8. The Hall–Kier alpha value is -4.33. The van der Waals surface area contributed by atoms with Gasteiger partial charge in [0.05, 0.1) is 25.0 Å². The molecule has 7 nitrogen and oxygen atoms in total. The average molecular weight is 441 g/mol. The summed E-state index contributed by atoms with van der Waals surface area (Å²) in [6.45, 7) is 0.203. The van der Waals surface area contributed by atoms with Crippen molar-refractivity contribution in [2.45, 2.75) is 19.6 Å². The van der Waals surface area contributed by atoms with Crippen LogP contribution in [0.5, 0.6) is 0 Å². The standard InChI is InChI=1S/C25H20FN5O2/c26-21-10-3-1-7-17(21)15-30-22-11-4-2-9-19(22)20-14-29-31(25(33)24(20)30)16-23(32)28-13-18-8-5-6-12-27-18/h1-12,14H,13,15-16H2,(H,28,32). The van der Waals surface area contributed by atoms with E-state index in [4.69, 9.17) is 0 Å². The minimum Gasteiger partial charge on any atom is -0.349 e. The Balaban J connectivity index is 1.52. The van der Waals surface area contributed by atoms with Crippen LogP contribution in [0.3, 0.4) is 0 Å². The van der Waals surface area contributed by atoms with Crippen LogP contribution in [0.4, 0.5) is 4.39 Å². The lowest BCUT2D eigenvalue weighted by Gasteiger charge is -2.10. The minimum atomic E-state index is -0.409. The molecule has 5 aromatic rings. The summed E-state index contributed by atoms with van der Waals surface area (Å²) in [6.07, 6.45) is 3.23. The molecule has 3 heterocycles. The first-order valence-electron chi connectivity index (χ1n) is 10.5. The molecule has 0 atom stereocenters. The summed E-state index contributed by atoms with van der Waals surface area (Å²) < 4.78 is 17.3. The van der Waals surface area contributed by atoms with Crippen LogP contribution in [0.1, 0.15) is 11.3 Å². The molecule has 8 heteroatoms. The number of carbonyl (C=O) groups excluding carboxylic acids is 1. The fourth-order valence-corrected chi connectivity index (χ4v) is 3.95. The highest BCUT2D eigenvalue weighted by Crippen LogP contribution is 2.27. The number of nitrogens with zero attached hydrogens (tertiary/aromatic N) is 4. The smallest absolute Gasteiger partial charge is 0.291 e. The molecule has 0 radical (unpaired) electrons. The first-order chi connectivity index (χ1) is 16.1. The number of hydrogen-bond acceptors (Lipinski definition) is 4. The number of carbonyl (C=O) groups is 1. The van der Waals surface area contributed by atoms with Crippen LogP contribution in [0, 0.1) is 5.82 Å². The van der Waals surface area contributed by atoms with Crippen LogP contribution in [-0.4, -0.2) is 25.2 Å². The van der Waals surface area contributed by atoms with Gasteiger partial charge in [-0.2, -0.15) is 5.10 Å². The van der Waals surface area contributed by atoms with E-state index in [0.717, 1.165) is 15.6 Å². The first kappa shape index (κ1) is 20.6. The number of nitrogens with one attached hydrogen (secondary N) is 1. The van der Waals surface area contributed by atoms with Crippen molar-refractivity contribution < 1.29 is 9.18 Å². The second-order valence-electron chi connectivity index (χ2n) is 7.66. The SMILES string of the molecule is O=C(Cn1ncc2c3ccccc3n(Cc3ccccc3F)c2c1=O)NCc1ccccn1. The molecule has 0 aliphatic rings. The van der Waals surface area contributed by atoms with Crippen molar-refractivity contribution in [3.63, 3.8) is 0 Å². The van der Waals surface area contributed by atoms with Crippen molar-refractivity contribution >= 4 is 27.7 Å². The van der Waals surface area contributed by atoms with E-state index in [1.807, 2.05) is 30.3 Å². The van der Waals surface area contributed by atoms with E-state index < -0.39 is 5.56 Å². The predicted molar refractivity (Wildman–Crippen MR) is 123 cm³/mol. The molecule has 0 saturated heterocycles. The number of fused-ring (bicyclic) bond motifs is 3. The number of hydrogen-bond donors (Lipinski definition) is 1. The second-order valence-corrected chi connectivity index (χ2v) is 7.66. The molecule has 1 N–H and O–H groups in total. The van der Waals surface area contributed by atoms with Gasteiger partial charge in [-0.1, -0.05) is 42.5 Å². The molecule has 164 valence electrons. The van der Waals surface area contributed by atoms with Crippen LogP contribution >= 0.6 is 0 Å². The van der Waals surface area contributed by atoms with Crippen molar-refractivity contribution in [2.24, 2.45) is 0 Å². The van der Waals surface area contributed by atoms with Gasteiger partial charge in [-0.05, 0) is 24.3 Å². The maximum Gasteiger partial charge on any atom is 0.291 e. The molecule has 0 saturated carbocycles. The van der Waals surface area contributed by atoms with E-state index >= 15 is 0 Å². The highest BCUT2D eigenvalue weighted by atomic mass is 19.1. The van der Waals surface area contributed by atoms with Crippen LogP contribution in [0.2, 0.25) is 0 Å². The Kier molecular flexibility index (Phi) is 5.40. The van der Waals surface area contributed by atoms with Crippen molar-refractivity contribution in [3.05, 3.63) is 107 Å². The number of benzene rings is 2. The predicted octanol–water partition coefficient (Wildman–Crippen LogP) is 3.25. The number of rotatable bonds is 6. The van der Waals surface area contributed by atoms with Crippen LogP contribution < -0.4 is 10.9 Å². The zero-order valence-electron chi connectivity index (χ0n) is 17.6. The lowest BCUT2D eigenvalue weighted by Crippen LogP contribution is -2.34. The fourth-order valence-electron chi connectivity index (χ4n) is 3.95. The number of aromatic nitrogens is 4. The highest BCUT2D eigenvalue weighted by molar-refractivity contribution is 6.07. The van der Waals surface area contributed by atoms with Gasteiger partial charge in [-0.25, -0.2) is 9.07 Å². The highest BCUT2D eigenvalue weighted by Gasteiger charge is 2.18. The van der Waals surface area contributed by atoms with Gasteiger partial charge in [0.1, 0.15) is 17.9 Å². The normalized spacial score (nSPS) is 11.2. The lowest BCUT2D eigenvalue weighted by molar-refractivity contribution is -0.122. The molecular formula is C25H20FN5O2. The summed E-state index contributed by atoms with van der Waals surface area (Å²) >= 11 is 0. The van der Waals surface area contributed by atoms with E-state index in [-0.39, 0.29) is 31.4 Å². The zero-order valence-corrected chi connectivity index (χ0v) is 17.6. The largest absolute Gasteiger partial charge is 0.349 e. The van der Waals surface area contributed by atoms with E-state index in [1.54, 1.807) is 47.3 Å². The summed E-state index contributed by atoms with van der Waals surface area (Å²) in [5.74, 6) is -0.696. The van der Waals surface area contributed by atoms with Crippen molar-refractivity contribution in [1.29, 1.82) is 0 Å².